The Balaban J connectivity index is 1.66. The van der Waals surface area contributed by atoms with Gasteiger partial charge in [0, 0.05) is 18.1 Å². The predicted octanol–water partition coefficient (Wildman–Crippen LogP) is 5.68. The van der Waals surface area contributed by atoms with E-state index in [0.29, 0.717) is 11.6 Å². The van der Waals surface area contributed by atoms with Gasteiger partial charge in [-0.15, -0.1) is 0 Å². The van der Waals surface area contributed by atoms with Crippen molar-refractivity contribution in [2.75, 3.05) is 0 Å². The molecule has 0 atom stereocenters. The van der Waals surface area contributed by atoms with E-state index >= 15 is 0 Å². The standard InChI is InChI=1S/C23H23ClN2O2/c1-23(2,3)28-20(27)14-13-16-9-11-17(12-10-16)15-19-25-21(22(24)26-19)18-7-5-4-6-8-18/h4-14H,15H2,1-3H3,(H,25,26). The minimum atomic E-state index is -0.492. The number of aromatic amines is 1. The Bertz CT molecular complexity index is 968. The number of carbonyl (C=O) groups excluding carboxylic acids is 1. The largest absolute Gasteiger partial charge is 0.457 e. The first kappa shape index (κ1) is 19.9. The summed E-state index contributed by atoms with van der Waals surface area (Å²) in [5.74, 6) is 0.455. The number of benzene rings is 2. The maximum atomic E-state index is 11.8. The lowest BCUT2D eigenvalue weighted by Gasteiger charge is -2.17. The first-order chi connectivity index (χ1) is 13.3. The van der Waals surface area contributed by atoms with Crippen LogP contribution < -0.4 is 0 Å². The highest BCUT2D eigenvalue weighted by molar-refractivity contribution is 6.31. The molecule has 2 aromatic carbocycles. The number of esters is 1. The van der Waals surface area contributed by atoms with Crippen molar-refractivity contribution in [3.63, 3.8) is 0 Å². The van der Waals surface area contributed by atoms with Crippen LogP contribution in [0.15, 0.2) is 60.7 Å². The molecular formula is C23H23ClN2O2. The molecule has 4 nitrogen and oxygen atoms in total. The lowest BCUT2D eigenvalue weighted by Crippen LogP contribution is -2.22. The molecule has 0 radical (unpaired) electrons. The zero-order valence-corrected chi connectivity index (χ0v) is 17.0. The van der Waals surface area contributed by atoms with Gasteiger partial charge in [-0.1, -0.05) is 66.2 Å². The maximum absolute atomic E-state index is 11.8. The summed E-state index contributed by atoms with van der Waals surface area (Å²) in [6.07, 6.45) is 3.83. The zero-order chi connectivity index (χ0) is 20.1. The lowest BCUT2D eigenvalue weighted by molar-refractivity contribution is -0.148. The summed E-state index contributed by atoms with van der Waals surface area (Å²) in [5.41, 5.74) is 3.28. The SMILES string of the molecule is CC(C)(C)OC(=O)C=Cc1ccc(Cc2nc(-c3ccccc3)c(Cl)[nH]2)cc1. The van der Waals surface area contributed by atoms with Crippen molar-refractivity contribution in [3.05, 3.63) is 82.8 Å². The normalized spacial score (nSPS) is 11.7. The fourth-order valence-corrected chi connectivity index (χ4v) is 2.97. The van der Waals surface area contributed by atoms with Crippen LogP contribution in [0.25, 0.3) is 17.3 Å². The number of ether oxygens (including phenoxy) is 1. The molecule has 0 fully saturated rings. The molecule has 28 heavy (non-hydrogen) atoms. The Morgan fingerprint density at radius 2 is 1.79 bits per heavy atom. The van der Waals surface area contributed by atoms with Crippen molar-refractivity contribution in [2.24, 2.45) is 0 Å². The second-order valence-corrected chi connectivity index (χ2v) is 7.88. The van der Waals surface area contributed by atoms with Gasteiger partial charge in [-0.2, -0.15) is 0 Å². The Morgan fingerprint density at radius 3 is 2.43 bits per heavy atom. The van der Waals surface area contributed by atoms with Gasteiger partial charge in [-0.25, -0.2) is 9.78 Å². The molecule has 144 valence electrons. The number of nitrogens with zero attached hydrogens (tertiary/aromatic N) is 1. The summed E-state index contributed by atoms with van der Waals surface area (Å²) < 4.78 is 5.26. The highest BCUT2D eigenvalue weighted by atomic mass is 35.5. The third-order valence-corrected chi connectivity index (χ3v) is 4.20. The highest BCUT2D eigenvalue weighted by Gasteiger charge is 2.14. The maximum Gasteiger partial charge on any atom is 0.331 e. The van der Waals surface area contributed by atoms with E-state index in [1.165, 1.54) is 6.08 Å². The fraction of sp³-hybridized carbons (Fsp3) is 0.217. The molecule has 0 spiro atoms. The van der Waals surface area contributed by atoms with Crippen molar-refractivity contribution in [2.45, 2.75) is 32.8 Å². The van der Waals surface area contributed by atoms with E-state index < -0.39 is 5.60 Å². The molecule has 0 unspecified atom stereocenters. The Morgan fingerprint density at radius 1 is 1.11 bits per heavy atom. The monoisotopic (exact) mass is 394 g/mol. The number of halogens is 1. The number of hydrogen-bond acceptors (Lipinski definition) is 3. The van der Waals surface area contributed by atoms with Gasteiger partial charge in [-0.05, 0) is 38.0 Å². The molecule has 1 N–H and O–H groups in total. The second-order valence-electron chi connectivity index (χ2n) is 7.50. The van der Waals surface area contributed by atoms with Crippen LogP contribution in [0.3, 0.4) is 0 Å². The van der Waals surface area contributed by atoms with Crippen LogP contribution in [0.1, 0.15) is 37.7 Å². The summed E-state index contributed by atoms with van der Waals surface area (Å²) in [6.45, 7) is 5.53. The smallest absolute Gasteiger partial charge is 0.331 e. The van der Waals surface area contributed by atoms with E-state index in [-0.39, 0.29) is 5.97 Å². The summed E-state index contributed by atoms with van der Waals surface area (Å²) in [7, 11) is 0. The fourth-order valence-electron chi connectivity index (χ4n) is 2.71. The second kappa shape index (κ2) is 8.44. The molecule has 0 aliphatic rings. The molecule has 5 heteroatoms. The molecule has 0 saturated carbocycles. The molecule has 3 rings (SSSR count). The third-order valence-electron chi connectivity index (χ3n) is 3.93. The Labute approximate surface area is 170 Å². The molecule has 0 aliphatic heterocycles. The third kappa shape index (κ3) is 5.57. The number of aromatic nitrogens is 2. The molecular weight excluding hydrogens is 372 g/mol. The minimum Gasteiger partial charge on any atom is -0.457 e. The van der Waals surface area contributed by atoms with E-state index in [9.17, 15) is 4.79 Å². The molecule has 3 aromatic rings. The molecule has 1 heterocycles. The minimum absolute atomic E-state index is 0.352. The lowest BCUT2D eigenvalue weighted by atomic mass is 10.1. The van der Waals surface area contributed by atoms with Crippen molar-refractivity contribution in [3.8, 4) is 11.3 Å². The number of H-pyrrole nitrogens is 1. The van der Waals surface area contributed by atoms with Crippen LogP contribution in [-0.2, 0) is 16.0 Å². The molecule has 0 amide bonds. The van der Waals surface area contributed by atoms with Crippen LogP contribution in [0, 0.1) is 0 Å². The van der Waals surface area contributed by atoms with Gasteiger partial charge in [0.05, 0.1) is 0 Å². The Hall–Kier alpha value is -2.85. The van der Waals surface area contributed by atoms with Crippen LogP contribution in [0.5, 0.6) is 0 Å². The summed E-state index contributed by atoms with van der Waals surface area (Å²) in [6, 6.07) is 17.8. The first-order valence-corrected chi connectivity index (χ1v) is 9.48. The van der Waals surface area contributed by atoms with E-state index in [4.69, 9.17) is 16.3 Å². The number of carbonyl (C=O) groups is 1. The number of nitrogens with one attached hydrogen (secondary N) is 1. The van der Waals surface area contributed by atoms with Crippen molar-refractivity contribution < 1.29 is 9.53 Å². The van der Waals surface area contributed by atoms with Gasteiger partial charge in [0.25, 0.3) is 0 Å². The van der Waals surface area contributed by atoms with E-state index in [1.807, 2.05) is 75.4 Å². The van der Waals surface area contributed by atoms with Gasteiger partial charge < -0.3 is 9.72 Å². The Kier molecular flexibility index (Phi) is 6.00. The van der Waals surface area contributed by atoms with Crippen LogP contribution in [0.4, 0.5) is 0 Å². The number of hydrogen-bond donors (Lipinski definition) is 1. The average Bonchev–Trinajstić information content (AvgIpc) is 3.01. The van der Waals surface area contributed by atoms with E-state index in [0.717, 1.165) is 28.2 Å². The van der Waals surface area contributed by atoms with Crippen LogP contribution in [-0.4, -0.2) is 21.5 Å². The van der Waals surface area contributed by atoms with Crippen molar-refractivity contribution in [1.29, 1.82) is 0 Å². The van der Waals surface area contributed by atoms with Gasteiger partial charge in [0.1, 0.15) is 22.3 Å². The van der Waals surface area contributed by atoms with Gasteiger partial charge in [0.2, 0.25) is 0 Å². The summed E-state index contributed by atoms with van der Waals surface area (Å²) in [4.78, 5) is 19.5. The highest BCUT2D eigenvalue weighted by Crippen LogP contribution is 2.26. The van der Waals surface area contributed by atoms with E-state index in [1.54, 1.807) is 6.08 Å². The average molecular weight is 395 g/mol. The van der Waals surface area contributed by atoms with E-state index in [2.05, 4.69) is 9.97 Å². The molecule has 1 aromatic heterocycles. The van der Waals surface area contributed by atoms with Crippen LogP contribution in [0.2, 0.25) is 5.15 Å². The molecule has 0 bridgehead atoms. The topological polar surface area (TPSA) is 55.0 Å². The predicted molar refractivity (Wildman–Crippen MR) is 113 cm³/mol. The van der Waals surface area contributed by atoms with Gasteiger partial charge in [0.15, 0.2) is 0 Å². The van der Waals surface area contributed by atoms with Crippen LogP contribution >= 0.6 is 11.6 Å². The number of rotatable bonds is 5. The number of imidazole rings is 1. The van der Waals surface area contributed by atoms with Gasteiger partial charge in [-0.3, -0.25) is 0 Å². The first-order valence-electron chi connectivity index (χ1n) is 9.10. The molecule has 0 aliphatic carbocycles. The zero-order valence-electron chi connectivity index (χ0n) is 16.2. The quantitative estimate of drug-likeness (QED) is 0.447. The van der Waals surface area contributed by atoms with Gasteiger partial charge >= 0.3 is 5.97 Å². The molecule has 0 saturated heterocycles. The van der Waals surface area contributed by atoms with Crippen molar-refractivity contribution >= 4 is 23.6 Å². The van der Waals surface area contributed by atoms with Crippen molar-refractivity contribution in [1.82, 2.24) is 9.97 Å². The summed E-state index contributed by atoms with van der Waals surface area (Å²) >= 11 is 6.32. The summed E-state index contributed by atoms with van der Waals surface area (Å²) in [5, 5.41) is 0.540.